The number of halogens is 1. The van der Waals surface area contributed by atoms with Crippen LogP contribution in [0.1, 0.15) is 35.3 Å². The summed E-state index contributed by atoms with van der Waals surface area (Å²) in [4.78, 5) is 0. The lowest BCUT2D eigenvalue weighted by molar-refractivity contribution is 0.160. The zero-order valence-corrected chi connectivity index (χ0v) is 12.1. The molecule has 21 heavy (non-hydrogen) atoms. The molecule has 0 aromatic heterocycles. The minimum atomic E-state index is -0.238. The molecule has 3 rings (SSSR count). The number of aryl methyl sites for hydroxylation is 1. The summed E-state index contributed by atoms with van der Waals surface area (Å²) in [6.07, 6.45) is 0.506. The second-order valence-electron chi connectivity index (χ2n) is 5.35. The van der Waals surface area contributed by atoms with Crippen molar-refractivity contribution in [2.75, 3.05) is 7.11 Å². The third kappa shape index (κ3) is 2.59. The summed E-state index contributed by atoms with van der Waals surface area (Å²) in [5, 5.41) is 0. The van der Waals surface area contributed by atoms with E-state index in [2.05, 4.69) is 0 Å². The summed E-state index contributed by atoms with van der Waals surface area (Å²) in [7, 11) is 1.62. The fraction of sp³-hybridized carbons (Fsp3) is 0.294. The topological polar surface area (TPSA) is 44.5 Å². The van der Waals surface area contributed by atoms with Gasteiger partial charge in [-0.05, 0) is 36.2 Å². The highest BCUT2D eigenvalue weighted by atomic mass is 19.1. The maximum Gasteiger partial charge on any atom is 0.128 e. The van der Waals surface area contributed by atoms with E-state index in [1.165, 1.54) is 12.1 Å². The minimum Gasteiger partial charge on any atom is -0.497 e. The van der Waals surface area contributed by atoms with Gasteiger partial charge in [0.15, 0.2) is 0 Å². The third-order valence-corrected chi connectivity index (χ3v) is 3.94. The molecule has 0 bridgehead atoms. The SMILES string of the molecule is COc1ccc2c(c1)OC(c1ccc(F)cc1C)CC2N. The Morgan fingerprint density at radius 1 is 1.19 bits per heavy atom. The monoisotopic (exact) mass is 287 g/mol. The van der Waals surface area contributed by atoms with Crippen molar-refractivity contribution in [1.29, 1.82) is 0 Å². The summed E-state index contributed by atoms with van der Waals surface area (Å²) >= 11 is 0. The first kappa shape index (κ1) is 13.9. The molecule has 2 N–H and O–H groups in total. The number of rotatable bonds is 2. The van der Waals surface area contributed by atoms with Gasteiger partial charge in [0.25, 0.3) is 0 Å². The van der Waals surface area contributed by atoms with E-state index in [0.29, 0.717) is 6.42 Å². The molecule has 2 atom stereocenters. The predicted octanol–water partition coefficient (Wildman–Crippen LogP) is 3.67. The lowest BCUT2D eigenvalue weighted by Gasteiger charge is -2.31. The van der Waals surface area contributed by atoms with Gasteiger partial charge in [-0.2, -0.15) is 0 Å². The molecule has 0 fully saturated rings. The number of fused-ring (bicyclic) bond motifs is 1. The molecule has 2 unspecified atom stereocenters. The smallest absolute Gasteiger partial charge is 0.128 e. The molecule has 1 heterocycles. The van der Waals surface area contributed by atoms with Crippen LogP contribution in [-0.4, -0.2) is 7.11 Å². The van der Waals surface area contributed by atoms with Crippen molar-refractivity contribution in [3.63, 3.8) is 0 Å². The summed E-state index contributed by atoms with van der Waals surface area (Å²) in [6.45, 7) is 1.88. The van der Waals surface area contributed by atoms with Gasteiger partial charge in [-0.15, -0.1) is 0 Å². The standard InChI is InChI=1S/C17H18FNO2/c1-10-7-11(18)3-5-13(10)17-9-15(19)14-6-4-12(20-2)8-16(14)21-17/h3-8,15,17H,9,19H2,1-2H3. The van der Waals surface area contributed by atoms with Crippen LogP contribution in [0.5, 0.6) is 11.5 Å². The van der Waals surface area contributed by atoms with E-state index in [0.717, 1.165) is 28.2 Å². The number of benzene rings is 2. The van der Waals surface area contributed by atoms with E-state index in [4.69, 9.17) is 15.2 Å². The summed E-state index contributed by atoms with van der Waals surface area (Å²) in [5.74, 6) is 1.23. The molecule has 1 aliphatic heterocycles. The third-order valence-electron chi connectivity index (χ3n) is 3.94. The largest absolute Gasteiger partial charge is 0.497 e. The Labute approximate surface area is 123 Å². The van der Waals surface area contributed by atoms with Crippen LogP contribution >= 0.6 is 0 Å². The zero-order chi connectivity index (χ0) is 15.0. The van der Waals surface area contributed by atoms with Gasteiger partial charge in [0.05, 0.1) is 7.11 Å². The maximum absolute atomic E-state index is 13.2. The van der Waals surface area contributed by atoms with Crippen molar-refractivity contribution in [1.82, 2.24) is 0 Å². The molecule has 0 radical (unpaired) electrons. The average Bonchev–Trinajstić information content (AvgIpc) is 2.46. The van der Waals surface area contributed by atoms with Gasteiger partial charge in [-0.3, -0.25) is 0 Å². The van der Waals surface area contributed by atoms with E-state index in [1.54, 1.807) is 13.2 Å². The first-order chi connectivity index (χ1) is 10.1. The van der Waals surface area contributed by atoms with Crippen LogP contribution in [0, 0.1) is 12.7 Å². The predicted molar refractivity (Wildman–Crippen MR) is 79.0 cm³/mol. The second-order valence-corrected chi connectivity index (χ2v) is 5.35. The first-order valence-electron chi connectivity index (χ1n) is 6.94. The van der Waals surface area contributed by atoms with Gasteiger partial charge in [0.2, 0.25) is 0 Å². The maximum atomic E-state index is 13.2. The molecule has 110 valence electrons. The van der Waals surface area contributed by atoms with Gasteiger partial charge in [0.1, 0.15) is 23.4 Å². The summed E-state index contributed by atoms with van der Waals surface area (Å²) in [6, 6.07) is 10.3. The highest BCUT2D eigenvalue weighted by Crippen LogP contribution is 2.41. The molecule has 4 heteroatoms. The molecule has 0 saturated carbocycles. The van der Waals surface area contributed by atoms with Crippen LogP contribution in [0.2, 0.25) is 0 Å². The highest BCUT2D eigenvalue weighted by Gasteiger charge is 2.28. The van der Waals surface area contributed by atoms with Crippen LogP contribution in [0.25, 0.3) is 0 Å². The second kappa shape index (κ2) is 5.37. The number of ether oxygens (including phenoxy) is 2. The molecule has 2 aromatic rings. The number of hydrogen-bond donors (Lipinski definition) is 1. The fourth-order valence-corrected chi connectivity index (χ4v) is 2.80. The van der Waals surface area contributed by atoms with Crippen molar-refractivity contribution in [3.8, 4) is 11.5 Å². The normalized spacial score (nSPS) is 20.6. The molecule has 0 aliphatic carbocycles. The van der Waals surface area contributed by atoms with Crippen molar-refractivity contribution in [3.05, 3.63) is 58.9 Å². The van der Waals surface area contributed by atoms with Gasteiger partial charge >= 0.3 is 0 Å². The molecule has 0 amide bonds. The van der Waals surface area contributed by atoms with Crippen molar-refractivity contribution < 1.29 is 13.9 Å². The van der Waals surface area contributed by atoms with Crippen LogP contribution < -0.4 is 15.2 Å². The number of hydrogen-bond acceptors (Lipinski definition) is 3. The van der Waals surface area contributed by atoms with Crippen LogP contribution in [0.3, 0.4) is 0 Å². The van der Waals surface area contributed by atoms with E-state index in [9.17, 15) is 4.39 Å². The Morgan fingerprint density at radius 2 is 1.95 bits per heavy atom. The van der Waals surface area contributed by atoms with E-state index in [1.807, 2.05) is 25.1 Å². The Bertz CT molecular complexity index is 672. The Kier molecular flexibility index (Phi) is 3.55. The Morgan fingerprint density at radius 3 is 2.67 bits per heavy atom. The molecular formula is C17H18FNO2. The molecule has 0 spiro atoms. The van der Waals surface area contributed by atoms with Crippen LogP contribution in [0.4, 0.5) is 4.39 Å². The fourth-order valence-electron chi connectivity index (χ4n) is 2.80. The van der Waals surface area contributed by atoms with Crippen molar-refractivity contribution in [2.45, 2.75) is 25.5 Å². The molecule has 3 nitrogen and oxygen atoms in total. The molecule has 2 aromatic carbocycles. The van der Waals surface area contributed by atoms with Crippen molar-refractivity contribution >= 4 is 0 Å². The molecule has 1 aliphatic rings. The summed E-state index contributed by atoms with van der Waals surface area (Å²) in [5.41, 5.74) is 9.08. The Hall–Kier alpha value is -2.07. The minimum absolute atomic E-state index is 0.103. The average molecular weight is 287 g/mol. The molecule has 0 saturated heterocycles. The quantitative estimate of drug-likeness (QED) is 0.916. The lowest BCUT2D eigenvalue weighted by Crippen LogP contribution is -2.24. The Balaban J connectivity index is 1.96. The number of methoxy groups -OCH3 is 1. The van der Waals surface area contributed by atoms with Crippen LogP contribution in [-0.2, 0) is 0 Å². The lowest BCUT2D eigenvalue weighted by atomic mass is 9.91. The van der Waals surface area contributed by atoms with Gasteiger partial charge < -0.3 is 15.2 Å². The van der Waals surface area contributed by atoms with Gasteiger partial charge in [-0.25, -0.2) is 4.39 Å². The van der Waals surface area contributed by atoms with Crippen molar-refractivity contribution in [2.24, 2.45) is 5.73 Å². The van der Waals surface area contributed by atoms with Gasteiger partial charge in [-0.1, -0.05) is 12.1 Å². The first-order valence-corrected chi connectivity index (χ1v) is 6.94. The zero-order valence-electron chi connectivity index (χ0n) is 12.1. The number of nitrogens with two attached hydrogens (primary N) is 1. The van der Waals surface area contributed by atoms with E-state index < -0.39 is 0 Å². The van der Waals surface area contributed by atoms with Crippen LogP contribution in [0.15, 0.2) is 36.4 Å². The summed E-state index contributed by atoms with van der Waals surface area (Å²) < 4.78 is 24.5. The van der Waals surface area contributed by atoms with E-state index >= 15 is 0 Å². The highest BCUT2D eigenvalue weighted by molar-refractivity contribution is 5.45. The van der Waals surface area contributed by atoms with Gasteiger partial charge in [0, 0.05) is 24.1 Å². The molecular weight excluding hydrogens is 269 g/mol. The van der Waals surface area contributed by atoms with E-state index in [-0.39, 0.29) is 18.0 Å².